The lowest BCUT2D eigenvalue weighted by Gasteiger charge is -2.28. The minimum Gasteiger partial charge on any atom is -0.378 e. The maximum atomic E-state index is 5.44. The Bertz CT molecular complexity index is 986. The second kappa shape index (κ2) is 8.41. The van der Waals surface area contributed by atoms with Gasteiger partial charge in [-0.05, 0) is 11.6 Å². The standard InChI is InChI=1S/C20H20N4OS3/c1-2-4-14(5-3-1)17-10-16-18(22-13-23-19(16)28-17)26-12-15-11-21-20(27-15)24-6-8-25-9-7-24/h1-5,10,13,15H,6-9,11-12H2. The molecule has 8 heteroatoms. The fourth-order valence-corrected chi connectivity index (χ4v) is 6.64. The first-order valence-corrected chi connectivity index (χ1v) is 12.0. The third kappa shape index (κ3) is 3.91. The van der Waals surface area contributed by atoms with Crippen molar-refractivity contribution in [1.29, 1.82) is 0 Å². The van der Waals surface area contributed by atoms with E-state index in [2.05, 4.69) is 45.2 Å². The number of amidine groups is 1. The lowest BCUT2D eigenvalue weighted by molar-refractivity contribution is 0.0693. The first-order valence-electron chi connectivity index (χ1n) is 9.33. The van der Waals surface area contributed by atoms with Gasteiger partial charge in [-0.1, -0.05) is 42.1 Å². The second-order valence-electron chi connectivity index (χ2n) is 6.65. The summed E-state index contributed by atoms with van der Waals surface area (Å²) < 4.78 is 5.44. The Balaban J connectivity index is 1.26. The highest BCUT2D eigenvalue weighted by Gasteiger charge is 2.25. The van der Waals surface area contributed by atoms with Gasteiger partial charge in [0.15, 0.2) is 5.17 Å². The van der Waals surface area contributed by atoms with E-state index >= 15 is 0 Å². The molecular weight excluding hydrogens is 408 g/mol. The molecule has 0 saturated carbocycles. The van der Waals surface area contributed by atoms with Gasteiger partial charge in [0.2, 0.25) is 0 Å². The summed E-state index contributed by atoms with van der Waals surface area (Å²) in [5.41, 5.74) is 1.23. The number of nitrogens with zero attached hydrogens (tertiary/aromatic N) is 4. The number of hydrogen-bond donors (Lipinski definition) is 0. The normalized spacial score (nSPS) is 19.9. The molecule has 144 valence electrons. The summed E-state index contributed by atoms with van der Waals surface area (Å²) >= 11 is 5.46. The van der Waals surface area contributed by atoms with Crippen LogP contribution in [0, 0.1) is 0 Å². The van der Waals surface area contributed by atoms with Crippen LogP contribution in [0.5, 0.6) is 0 Å². The summed E-state index contributed by atoms with van der Waals surface area (Å²) in [6.07, 6.45) is 1.69. The molecule has 0 N–H and O–H groups in total. The topological polar surface area (TPSA) is 50.6 Å². The summed E-state index contributed by atoms with van der Waals surface area (Å²) in [6, 6.07) is 12.7. The first-order chi connectivity index (χ1) is 13.9. The van der Waals surface area contributed by atoms with E-state index in [0.29, 0.717) is 5.25 Å². The molecular formula is C20H20N4OS3. The predicted molar refractivity (Wildman–Crippen MR) is 120 cm³/mol. The Labute approximate surface area is 176 Å². The lowest BCUT2D eigenvalue weighted by Crippen LogP contribution is -2.39. The number of benzene rings is 1. The smallest absolute Gasteiger partial charge is 0.159 e. The predicted octanol–water partition coefficient (Wildman–Crippen LogP) is 4.25. The van der Waals surface area contributed by atoms with Crippen molar-refractivity contribution in [2.45, 2.75) is 10.3 Å². The van der Waals surface area contributed by atoms with Crippen LogP contribution < -0.4 is 0 Å². The van der Waals surface area contributed by atoms with Gasteiger partial charge in [0.1, 0.15) is 16.2 Å². The summed E-state index contributed by atoms with van der Waals surface area (Å²) in [7, 11) is 0. The number of fused-ring (bicyclic) bond motifs is 1. The van der Waals surface area contributed by atoms with Gasteiger partial charge in [-0.3, -0.25) is 4.99 Å². The highest BCUT2D eigenvalue weighted by Crippen LogP contribution is 2.37. The number of aliphatic imine (C=N–C) groups is 1. The van der Waals surface area contributed by atoms with E-state index in [-0.39, 0.29) is 0 Å². The largest absolute Gasteiger partial charge is 0.378 e. The Morgan fingerprint density at radius 3 is 2.86 bits per heavy atom. The zero-order valence-corrected chi connectivity index (χ0v) is 17.7. The van der Waals surface area contributed by atoms with Crippen LogP contribution in [-0.2, 0) is 4.74 Å². The SMILES string of the molecule is c1ccc(-c2cc3c(SCC4CN=C(N5CCOCC5)S4)ncnc3s2)cc1. The molecule has 2 aromatic heterocycles. The fourth-order valence-electron chi connectivity index (χ4n) is 3.28. The third-order valence-corrected chi connectivity index (χ3v) is 8.46. The van der Waals surface area contributed by atoms with Crippen molar-refractivity contribution in [1.82, 2.24) is 14.9 Å². The molecule has 0 bridgehead atoms. The molecule has 1 atom stereocenters. The molecule has 0 aliphatic carbocycles. The van der Waals surface area contributed by atoms with Crippen molar-refractivity contribution in [2.75, 3.05) is 38.6 Å². The van der Waals surface area contributed by atoms with E-state index in [0.717, 1.165) is 53.8 Å². The molecule has 2 aliphatic rings. The fraction of sp³-hybridized carbons (Fsp3) is 0.350. The van der Waals surface area contributed by atoms with Crippen molar-refractivity contribution in [3.8, 4) is 10.4 Å². The van der Waals surface area contributed by atoms with Crippen molar-refractivity contribution in [2.24, 2.45) is 4.99 Å². The number of hydrogen-bond acceptors (Lipinski definition) is 8. The molecule has 1 unspecified atom stereocenters. The summed E-state index contributed by atoms with van der Waals surface area (Å²) in [5, 5.41) is 3.92. The average Bonchev–Trinajstić information content (AvgIpc) is 3.41. The van der Waals surface area contributed by atoms with Gasteiger partial charge in [-0.2, -0.15) is 0 Å². The molecule has 5 nitrogen and oxygen atoms in total. The minimum atomic E-state index is 0.500. The molecule has 3 aromatic rings. The molecule has 1 fully saturated rings. The van der Waals surface area contributed by atoms with Crippen LogP contribution in [0.25, 0.3) is 20.7 Å². The maximum Gasteiger partial charge on any atom is 0.159 e. The first kappa shape index (κ1) is 18.4. The zero-order chi connectivity index (χ0) is 18.8. The Hall–Kier alpha value is -1.61. The molecule has 2 aliphatic heterocycles. The van der Waals surface area contributed by atoms with E-state index in [4.69, 9.17) is 9.73 Å². The van der Waals surface area contributed by atoms with E-state index in [1.54, 1.807) is 17.7 Å². The molecule has 0 spiro atoms. The molecule has 28 heavy (non-hydrogen) atoms. The van der Waals surface area contributed by atoms with E-state index in [9.17, 15) is 0 Å². The third-order valence-electron chi connectivity index (χ3n) is 4.74. The zero-order valence-electron chi connectivity index (χ0n) is 15.3. The Morgan fingerprint density at radius 1 is 1.14 bits per heavy atom. The molecule has 0 amide bonds. The van der Waals surface area contributed by atoms with Gasteiger partial charge in [-0.15, -0.1) is 23.1 Å². The van der Waals surface area contributed by atoms with Crippen LogP contribution in [-0.4, -0.2) is 63.9 Å². The molecule has 5 rings (SSSR count). The van der Waals surface area contributed by atoms with Crippen LogP contribution in [0.4, 0.5) is 0 Å². The van der Waals surface area contributed by atoms with E-state index in [1.807, 2.05) is 29.6 Å². The van der Waals surface area contributed by atoms with E-state index in [1.165, 1.54) is 15.6 Å². The van der Waals surface area contributed by atoms with Gasteiger partial charge in [0, 0.05) is 34.4 Å². The molecule has 4 heterocycles. The van der Waals surface area contributed by atoms with Gasteiger partial charge in [0.05, 0.1) is 19.8 Å². The number of ether oxygens (including phenoxy) is 1. The Morgan fingerprint density at radius 2 is 2.00 bits per heavy atom. The van der Waals surface area contributed by atoms with Crippen molar-refractivity contribution < 1.29 is 4.74 Å². The number of thioether (sulfide) groups is 2. The van der Waals surface area contributed by atoms with Gasteiger partial charge in [-0.25, -0.2) is 9.97 Å². The number of aromatic nitrogens is 2. The average molecular weight is 429 g/mol. The quantitative estimate of drug-likeness (QED) is 0.457. The van der Waals surface area contributed by atoms with Crippen molar-refractivity contribution in [3.63, 3.8) is 0 Å². The summed E-state index contributed by atoms with van der Waals surface area (Å²) in [4.78, 5) is 18.5. The minimum absolute atomic E-state index is 0.500. The van der Waals surface area contributed by atoms with Crippen LogP contribution in [0.2, 0.25) is 0 Å². The monoisotopic (exact) mass is 428 g/mol. The molecule has 1 saturated heterocycles. The molecule has 1 aromatic carbocycles. The van der Waals surface area contributed by atoms with Crippen molar-refractivity contribution in [3.05, 3.63) is 42.7 Å². The van der Waals surface area contributed by atoms with Crippen LogP contribution >= 0.6 is 34.9 Å². The number of thiophene rings is 1. The Kier molecular flexibility index (Phi) is 5.53. The molecule has 0 radical (unpaired) electrons. The van der Waals surface area contributed by atoms with Gasteiger partial charge < -0.3 is 9.64 Å². The highest BCUT2D eigenvalue weighted by atomic mass is 32.2. The van der Waals surface area contributed by atoms with E-state index < -0.39 is 0 Å². The highest BCUT2D eigenvalue weighted by molar-refractivity contribution is 8.15. The number of morpholine rings is 1. The summed E-state index contributed by atoms with van der Waals surface area (Å²) in [5.74, 6) is 1.00. The second-order valence-corrected chi connectivity index (χ2v) is 9.95. The van der Waals surface area contributed by atoms with Crippen molar-refractivity contribution >= 4 is 50.2 Å². The van der Waals surface area contributed by atoms with Crippen LogP contribution in [0.3, 0.4) is 0 Å². The summed E-state index contributed by atoms with van der Waals surface area (Å²) in [6.45, 7) is 4.40. The van der Waals surface area contributed by atoms with Crippen LogP contribution in [0.1, 0.15) is 0 Å². The van der Waals surface area contributed by atoms with Gasteiger partial charge >= 0.3 is 0 Å². The van der Waals surface area contributed by atoms with Crippen LogP contribution in [0.15, 0.2) is 52.7 Å². The number of rotatable bonds is 4. The maximum absolute atomic E-state index is 5.44. The van der Waals surface area contributed by atoms with Gasteiger partial charge in [0.25, 0.3) is 0 Å². The lowest BCUT2D eigenvalue weighted by atomic mass is 10.2.